The van der Waals surface area contributed by atoms with E-state index in [0.717, 1.165) is 18.5 Å². The second kappa shape index (κ2) is 3.74. The zero-order valence-electron chi connectivity index (χ0n) is 8.06. The van der Waals surface area contributed by atoms with Crippen molar-refractivity contribution in [1.82, 2.24) is 0 Å². The maximum Gasteiger partial charge on any atom is 0.0661 e. The molecular weight excluding hydrogens is 235 g/mol. The van der Waals surface area contributed by atoms with Crippen LogP contribution in [-0.2, 0) is 0 Å². The Kier molecular flexibility index (Phi) is 2.71. The molecule has 0 amide bonds. The minimum atomic E-state index is -0.203. The Morgan fingerprint density at radius 3 is 2.47 bits per heavy atom. The van der Waals surface area contributed by atoms with E-state index in [9.17, 15) is 5.11 Å². The average Bonchev–Trinajstić information content (AvgIpc) is 2.95. The van der Waals surface area contributed by atoms with Crippen molar-refractivity contribution in [3.05, 3.63) is 22.2 Å². The highest BCUT2D eigenvalue weighted by atomic mass is 35.5. The van der Waals surface area contributed by atoms with Gasteiger partial charge < -0.3 is 16.2 Å². The zero-order valence-corrected chi connectivity index (χ0v) is 9.57. The number of anilines is 2. The molecule has 0 radical (unpaired) electrons. The van der Waals surface area contributed by atoms with E-state index in [2.05, 4.69) is 5.32 Å². The number of halogens is 2. The minimum Gasteiger partial charge on any atom is -0.397 e. The Balaban J connectivity index is 2.25. The summed E-state index contributed by atoms with van der Waals surface area (Å²) in [5.41, 5.74) is 6.87. The van der Waals surface area contributed by atoms with Crippen LogP contribution in [0.3, 0.4) is 0 Å². The van der Waals surface area contributed by atoms with Crippen LogP contribution in [0.4, 0.5) is 11.4 Å². The molecule has 0 aromatic heterocycles. The molecule has 1 saturated carbocycles. The summed E-state index contributed by atoms with van der Waals surface area (Å²) in [5, 5.41) is 13.3. The number of nitrogens with one attached hydrogen (secondary N) is 1. The van der Waals surface area contributed by atoms with Gasteiger partial charge >= 0.3 is 0 Å². The first kappa shape index (κ1) is 10.9. The highest BCUT2D eigenvalue weighted by molar-refractivity contribution is 6.42. The van der Waals surface area contributed by atoms with Crippen molar-refractivity contribution in [3.63, 3.8) is 0 Å². The smallest absolute Gasteiger partial charge is 0.0661 e. The van der Waals surface area contributed by atoms with E-state index in [1.807, 2.05) is 0 Å². The maximum atomic E-state index is 9.17. The summed E-state index contributed by atoms with van der Waals surface area (Å²) >= 11 is 11.7. The summed E-state index contributed by atoms with van der Waals surface area (Å²) in [5.74, 6) is 0. The Morgan fingerprint density at radius 1 is 1.33 bits per heavy atom. The summed E-state index contributed by atoms with van der Waals surface area (Å²) in [6.45, 7) is 0.104. The van der Waals surface area contributed by atoms with E-state index in [1.165, 1.54) is 0 Å². The lowest BCUT2D eigenvalue weighted by Gasteiger charge is -2.18. The van der Waals surface area contributed by atoms with Crippen molar-refractivity contribution >= 4 is 34.6 Å². The SMILES string of the molecule is Nc1cc(Cl)c(Cl)cc1NC1(CO)CC1. The highest BCUT2D eigenvalue weighted by Gasteiger charge is 2.42. The van der Waals surface area contributed by atoms with E-state index < -0.39 is 0 Å². The summed E-state index contributed by atoms with van der Waals surface area (Å²) in [7, 11) is 0. The molecule has 15 heavy (non-hydrogen) atoms. The van der Waals surface area contributed by atoms with Crippen molar-refractivity contribution in [2.24, 2.45) is 0 Å². The number of nitrogen functional groups attached to an aromatic ring is 1. The number of hydrogen-bond acceptors (Lipinski definition) is 3. The Bertz CT molecular complexity index is 391. The number of nitrogens with two attached hydrogens (primary N) is 1. The van der Waals surface area contributed by atoms with Crippen molar-refractivity contribution in [2.75, 3.05) is 17.7 Å². The fourth-order valence-electron chi connectivity index (χ4n) is 1.43. The molecule has 0 saturated heterocycles. The molecule has 0 bridgehead atoms. The predicted octanol–water partition coefficient (Wildman–Crippen LogP) is 2.51. The van der Waals surface area contributed by atoms with Crippen LogP contribution < -0.4 is 11.1 Å². The van der Waals surface area contributed by atoms with Gasteiger partial charge in [-0.15, -0.1) is 0 Å². The van der Waals surface area contributed by atoms with Gasteiger partial charge in [-0.2, -0.15) is 0 Å². The molecule has 1 aliphatic carbocycles. The van der Waals surface area contributed by atoms with Crippen LogP contribution in [0.25, 0.3) is 0 Å². The van der Waals surface area contributed by atoms with Gasteiger partial charge in [0, 0.05) is 0 Å². The van der Waals surface area contributed by atoms with Crippen molar-refractivity contribution in [1.29, 1.82) is 0 Å². The second-order valence-electron chi connectivity index (χ2n) is 3.92. The van der Waals surface area contributed by atoms with Gasteiger partial charge in [0.25, 0.3) is 0 Å². The largest absolute Gasteiger partial charge is 0.397 e. The minimum absolute atomic E-state index is 0.104. The molecule has 1 aromatic rings. The third-order valence-electron chi connectivity index (χ3n) is 2.65. The normalized spacial score (nSPS) is 17.5. The summed E-state index contributed by atoms with van der Waals surface area (Å²) < 4.78 is 0. The van der Waals surface area contributed by atoms with Gasteiger partial charge in [-0.25, -0.2) is 0 Å². The van der Waals surface area contributed by atoms with Crippen LogP contribution >= 0.6 is 23.2 Å². The van der Waals surface area contributed by atoms with Gasteiger partial charge in [0.15, 0.2) is 0 Å². The quantitative estimate of drug-likeness (QED) is 0.719. The molecule has 2 rings (SSSR count). The van der Waals surface area contributed by atoms with E-state index in [1.54, 1.807) is 12.1 Å². The fraction of sp³-hybridized carbons (Fsp3) is 0.400. The second-order valence-corrected chi connectivity index (χ2v) is 4.73. The van der Waals surface area contributed by atoms with Crippen molar-refractivity contribution in [3.8, 4) is 0 Å². The summed E-state index contributed by atoms with van der Waals surface area (Å²) in [6.07, 6.45) is 1.90. The Hall–Kier alpha value is -0.640. The first-order valence-electron chi connectivity index (χ1n) is 4.70. The van der Waals surface area contributed by atoms with Crippen LogP contribution in [0.15, 0.2) is 12.1 Å². The molecule has 1 aliphatic rings. The average molecular weight is 247 g/mol. The van der Waals surface area contributed by atoms with E-state index in [0.29, 0.717) is 15.7 Å². The van der Waals surface area contributed by atoms with Gasteiger partial charge in [0.2, 0.25) is 0 Å². The highest BCUT2D eigenvalue weighted by Crippen LogP contribution is 2.41. The molecule has 0 heterocycles. The van der Waals surface area contributed by atoms with Gasteiger partial charge in [-0.1, -0.05) is 23.2 Å². The summed E-state index contributed by atoms with van der Waals surface area (Å²) in [6, 6.07) is 3.30. The van der Waals surface area contributed by atoms with Gasteiger partial charge in [-0.3, -0.25) is 0 Å². The molecule has 4 N–H and O–H groups in total. The van der Waals surface area contributed by atoms with Crippen LogP contribution in [0.2, 0.25) is 10.0 Å². The maximum absolute atomic E-state index is 9.17. The van der Waals surface area contributed by atoms with Crippen molar-refractivity contribution < 1.29 is 5.11 Å². The van der Waals surface area contributed by atoms with Gasteiger partial charge in [-0.05, 0) is 25.0 Å². The lowest BCUT2D eigenvalue weighted by molar-refractivity contribution is 0.266. The topological polar surface area (TPSA) is 58.3 Å². The summed E-state index contributed by atoms with van der Waals surface area (Å²) in [4.78, 5) is 0. The molecule has 0 spiro atoms. The van der Waals surface area contributed by atoms with E-state index in [4.69, 9.17) is 28.9 Å². The first-order chi connectivity index (χ1) is 7.06. The lowest BCUT2D eigenvalue weighted by atomic mass is 10.2. The third-order valence-corrected chi connectivity index (χ3v) is 3.37. The Labute approximate surface area is 98.2 Å². The number of hydrogen-bond donors (Lipinski definition) is 3. The number of aliphatic hydroxyl groups is 1. The molecule has 0 unspecified atom stereocenters. The van der Waals surface area contributed by atoms with E-state index >= 15 is 0 Å². The molecular formula is C10H12Cl2N2O. The lowest BCUT2D eigenvalue weighted by Crippen LogP contribution is -2.26. The number of aliphatic hydroxyl groups excluding tert-OH is 1. The molecule has 5 heteroatoms. The van der Waals surface area contributed by atoms with Crippen LogP contribution in [0.1, 0.15) is 12.8 Å². The molecule has 1 fully saturated rings. The van der Waals surface area contributed by atoms with Crippen LogP contribution in [0, 0.1) is 0 Å². The molecule has 0 atom stereocenters. The first-order valence-corrected chi connectivity index (χ1v) is 5.45. The Morgan fingerprint density at radius 2 is 1.93 bits per heavy atom. The monoisotopic (exact) mass is 246 g/mol. The third kappa shape index (κ3) is 2.14. The molecule has 1 aromatic carbocycles. The fourth-order valence-corrected chi connectivity index (χ4v) is 1.77. The van der Waals surface area contributed by atoms with Gasteiger partial charge in [0.1, 0.15) is 0 Å². The van der Waals surface area contributed by atoms with Crippen LogP contribution in [0.5, 0.6) is 0 Å². The predicted molar refractivity (Wildman–Crippen MR) is 63.5 cm³/mol. The number of benzene rings is 1. The molecule has 3 nitrogen and oxygen atoms in total. The molecule has 82 valence electrons. The standard InChI is InChI=1S/C10H12Cl2N2O/c11-6-3-8(13)9(4-7(6)12)14-10(5-15)1-2-10/h3-4,14-15H,1-2,5,13H2. The number of rotatable bonds is 3. The van der Waals surface area contributed by atoms with Gasteiger partial charge in [0.05, 0.1) is 33.6 Å². The molecule has 0 aliphatic heterocycles. The zero-order chi connectivity index (χ0) is 11.1. The van der Waals surface area contributed by atoms with Crippen molar-refractivity contribution in [2.45, 2.75) is 18.4 Å². The van der Waals surface area contributed by atoms with E-state index in [-0.39, 0.29) is 12.1 Å². The van der Waals surface area contributed by atoms with Crippen LogP contribution in [-0.4, -0.2) is 17.3 Å².